The maximum Gasteiger partial charge on any atom is 2.00 e. The maximum atomic E-state index is 0. The van der Waals surface area contributed by atoms with Gasteiger partial charge in [0.15, 0.2) is 0 Å². The Morgan fingerprint density at radius 1 is 1.00 bits per heavy atom. The summed E-state index contributed by atoms with van der Waals surface area (Å²) in [6.07, 6.45) is 0. The van der Waals surface area contributed by atoms with Crippen molar-refractivity contribution in [3.63, 3.8) is 0 Å². The molecule has 1 nitrogen and oxygen atoms in total. The molecule has 0 aliphatic carbocycles. The van der Waals surface area contributed by atoms with Crippen molar-refractivity contribution in [1.82, 2.24) is 0 Å². The Hall–Kier alpha value is 2.02. The second kappa shape index (κ2) is 19.9. The molecule has 0 atom stereocenters. The summed E-state index contributed by atoms with van der Waals surface area (Å²) in [6.45, 7) is 0. The second-order valence-corrected chi connectivity index (χ2v) is 0. The summed E-state index contributed by atoms with van der Waals surface area (Å²) in [7, 11) is 0. The molecule has 0 aromatic rings. The third-order valence-electron chi connectivity index (χ3n) is 0. The van der Waals surface area contributed by atoms with Gasteiger partial charge in [0.1, 0.15) is 0 Å². The predicted octanol–water partition coefficient (Wildman–Crippen LogP) is -6.55. The topological polar surface area (TPSA) is 30.0 Å². The second-order valence-electron chi connectivity index (χ2n) is 0. The van der Waals surface area contributed by atoms with Gasteiger partial charge in [-0.2, -0.15) is 0 Å². The van der Waals surface area contributed by atoms with Crippen LogP contribution in [0.1, 0.15) is 0 Å². The minimum absolute atomic E-state index is 0. The van der Waals surface area contributed by atoms with Crippen molar-refractivity contribution in [3.8, 4) is 0 Å². The van der Waals surface area contributed by atoms with E-state index in [0.717, 1.165) is 0 Å². The van der Waals surface area contributed by atoms with Crippen LogP contribution in [0.2, 0.25) is 0 Å². The van der Waals surface area contributed by atoms with Crippen LogP contribution >= 0.6 is 0 Å². The first kappa shape index (κ1) is 37.2. The zero-order valence-corrected chi connectivity index (χ0v) is 6.70. The Kier molecular flexibility index (Phi) is 185. The van der Waals surface area contributed by atoms with Gasteiger partial charge < -0.3 is 17.9 Å². The molecule has 0 bridgehead atoms. The molecule has 0 aromatic carbocycles. The number of halogens is 1. The summed E-state index contributed by atoms with van der Waals surface area (Å²) in [5.41, 5.74) is 0. The van der Waals surface area contributed by atoms with Crippen LogP contribution in [-0.4, -0.2) is 28.5 Å². The molecule has 0 aromatic heterocycles. The van der Waals surface area contributed by atoms with Gasteiger partial charge in [0, 0.05) is 0 Å². The van der Waals surface area contributed by atoms with E-state index in [1.54, 1.807) is 0 Å². The van der Waals surface area contributed by atoms with Gasteiger partial charge in [-0.15, -0.1) is 0 Å². The van der Waals surface area contributed by atoms with Gasteiger partial charge in [0.05, 0.1) is 0 Å². The van der Waals surface area contributed by atoms with E-state index in [-0.39, 0.29) is 70.5 Å². The molecule has 0 spiro atoms. The average Bonchev–Trinajstić information content (AvgIpc) is 0. The molecular weight excluding hydrogens is 98.7 g/mol. The van der Waals surface area contributed by atoms with E-state index in [1.165, 1.54) is 0 Å². The van der Waals surface area contributed by atoms with Crippen LogP contribution in [0.5, 0.6) is 0 Å². The van der Waals surface area contributed by atoms with E-state index in [1.807, 2.05) is 0 Å². The molecule has 4 heteroatoms. The quantitative estimate of drug-likeness (QED) is 0.278. The van der Waals surface area contributed by atoms with Crippen molar-refractivity contribution in [2.45, 2.75) is 0 Å². The van der Waals surface area contributed by atoms with Crippen LogP contribution in [0.15, 0.2) is 0 Å². The molecular formula is HClMgNaO+. The molecule has 0 saturated carbocycles. The Morgan fingerprint density at radius 3 is 1.00 bits per heavy atom. The summed E-state index contributed by atoms with van der Waals surface area (Å²) in [6, 6.07) is 0. The molecule has 16 valence electrons. The number of rotatable bonds is 0. The van der Waals surface area contributed by atoms with Crippen molar-refractivity contribution in [3.05, 3.63) is 0 Å². The van der Waals surface area contributed by atoms with Crippen LogP contribution in [0.3, 0.4) is 0 Å². The summed E-state index contributed by atoms with van der Waals surface area (Å²) in [5, 5.41) is 0. The van der Waals surface area contributed by atoms with Crippen LogP contribution in [0.4, 0.5) is 0 Å². The van der Waals surface area contributed by atoms with E-state index in [2.05, 4.69) is 0 Å². The van der Waals surface area contributed by atoms with Gasteiger partial charge in [0.2, 0.25) is 0 Å². The van der Waals surface area contributed by atoms with Gasteiger partial charge in [-0.05, 0) is 0 Å². The van der Waals surface area contributed by atoms with Crippen molar-refractivity contribution in [1.29, 1.82) is 0 Å². The Morgan fingerprint density at radius 2 is 1.00 bits per heavy atom. The largest absolute Gasteiger partial charge is 2.00 e. The monoisotopic (exact) mass is 98.9 g/mol. The van der Waals surface area contributed by atoms with E-state index in [4.69, 9.17) is 0 Å². The first-order chi connectivity index (χ1) is 0. The summed E-state index contributed by atoms with van der Waals surface area (Å²) in [5.74, 6) is 0. The van der Waals surface area contributed by atoms with Gasteiger partial charge in [-0.1, -0.05) is 0 Å². The Labute approximate surface area is 69.7 Å². The van der Waals surface area contributed by atoms with Crippen molar-refractivity contribution >= 4 is 23.1 Å². The molecule has 0 heterocycles. The van der Waals surface area contributed by atoms with Crippen LogP contribution in [0.25, 0.3) is 0 Å². The minimum Gasteiger partial charge on any atom is -1.00 e. The van der Waals surface area contributed by atoms with Crippen molar-refractivity contribution < 1.29 is 47.4 Å². The van der Waals surface area contributed by atoms with Gasteiger partial charge >= 0.3 is 52.6 Å². The first-order valence-corrected chi connectivity index (χ1v) is 0. The third-order valence-corrected chi connectivity index (χ3v) is 0. The fourth-order valence-corrected chi connectivity index (χ4v) is 0. The fraction of sp³-hybridized carbons (Fsp3) is 0. The number of hydrogen-bond acceptors (Lipinski definition) is 1. The minimum atomic E-state index is 0. The standard InChI is InChI=1S/ClH.Mg.Na.H2O/h1H;;;1H2/q;+2;+1;/p-2. The van der Waals surface area contributed by atoms with E-state index in [0.29, 0.717) is 0 Å². The van der Waals surface area contributed by atoms with Crippen molar-refractivity contribution in [2.24, 2.45) is 0 Å². The molecule has 0 amide bonds. The predicted molar refractivity (Wildman–Crippen MR) is 7.69 cm³/mol. The van der Waals surface area contributed by atoms with Gasteiger partial charge in [0.25, 0.3) is 0 Å². The SMILES string of the molecule is [Cl-].[Mg+2].[Na+].[OH-]. The van der Waals surface area contributed by atoms with E-state index >= 15 is 0 Å². The molecule has 0 rings (SSSR count). The molecule has 0 saturated heterocycles. The molecule has 4 heavy (non-hydrogen) atoms. The van der Waals surface area contributed by atoms with Crippen LogP contribution in [-0.2, 0) is 0 Å². The normalized spacial score (nSPS) is 0. The van der Waals surface area contributed by atoms with Gasteiger partial charge in [-0.3, -0.25) is 0 Å². The molecule has 1 N–H and O–H groups in total. The van der Waals surface area contributed by atoms with Crippen LogP contribution in [0, 0.1) is 0 Å². The Bertz CT molecular complexity index is 8.00. The smallest absolute Gasteiger partial charge is 1.00 e. The third kappa shape index (κ3) is 8.99. The summed E-state index contributed by atoms with van der Waals surface area (Å²) < 4.78 is 0. The average molecular weight is 99.8 g/mol. The zero-order chi connectivity index (χ0) is 0. The molecule has 0 unspecified atom stereocenters. The molecule has 0 aliphatic heterocycles. The fourth-order valence-electron chi connectivity index (χ4n) is 0. The van der Waals surface area contributed by atoms with Crippen molar-refractivity contribution in [2.75, 3.05) is 0 Å². The molecule has 0 radical (unpaired) electrons. The summed E-state index contributed by atoms with van der Waals surface area (Å²) in [4.78, 5) is 0. The zero-order valence-electron chi connectivity index (χ0n) is 2.53. The molecule has 0 fully saturated rings. The van der Waals surface area contributed by atoms with Gasteiger partial charge in [-0.25, -0.2) is 0 Å². The maximum absolute atomic E-state index is 0. The number of hydrogen-bond donors (Lipinski definition) is 0. The molecule has 0 aliphatic rings. The Balaban J connectivity index is 0. The first-order valence-electron chi connectivity index (χ1n) is 0. The summed E-state index contributed by atoms with van der Waals surface area (Å²) >= 11 is 0. The van der Waals surface area contributed by atoms with Crippen LogP contribution < -0.4 is 42.0 Å². The van der Waals surface area contributed by atoms with E-state index < -0.39 is 0 Å². The van der Waals surface area contributed by atoms with E-state index in [9.17, 15) is 0 Å².